The monoisotopic (exact) mass is 435 g/mol. The second-order valence-electron chi connectivity index (χ2n) is 8.39. The van der Waals surface area contributed by atoms with Crippen LogP contribution >= 0.6 is 0 Å². The molecule has 1 aliphatic rings. The average molecular weight is 436 g/mol. The number of benzene rings is 2. The van der Waals surface area contributed by atoms with E-state index in [1.807, 2.05) is 50.2 Å². The van der Waals surface area contributed by atoms with Crippen LogP contribution in [0.4, 0.5) is 0 Å². The number of amides is 1. The lowest BCUT2D eigenvalue weighted by molar-refractivity contribution is 0.0716. The summed E-state index contributed by atoms with van der Waals surface area (Å²) in [4.78, 5) is 28.6. The number of aryl methyl sites for hydroxylation is 2. The van der Waals surface area contributed by atoms with Crippen LogP contribution in [0.15, 0.2) is 45.6 Å². The van der Waals surface area contributed by atoms with E-state index in [9.17, 15) is 14.7 Å². The fourth-order valence-corrected chi connectivity index (χ4v) is 4.40. The van der Waals surface area contributed by atoms with Gasteiger partial charge in [-0.2, -0.15) is 0 Å². The number of ether oxygens (including phenoxy) is 1. The maximum atomic E-state index is 13.6. The van der Waals surface area contributed by atoms with Crippen LogP contribution in [0.5, 0.6) is 5.75 Å². The van der Waals surface area contributed by atoms with Gasteiger partial charge < -0.3 is 19.2 Å². The minimum absolute atomic E-state index is 0.0470. The van der Waals surface area contributed by atoms with Crippen molar-refractivity contribution >= 4 is 16.9 Å². The highest BCUT2D eigenvalue weighted by Gasteiger charge is 2.42. The minimum Gasteiger partial charge on any atom is -0.494 e. The number of hydrogen-bond donors (Lipinski definition) is 1. The average Bonchev–Trinajstić information content (AvgIpc) is 3.05. The lowest BCUT2D eigenvalue weighted by Gasteiger charge is -2.25. The molecule has 1 unspecified atom stereocenters. The van der Waals surface area contributed by atoms with Gasteiger partial charge in [0.1, 0.15) is 11.3 Å². The van der Waals surface area contributed by atoms with Crippen molar-refractivity contribution in [3.8, 4) is 5.75 Å². The van der Waals surface area contributed by atoms with Crippen LogP contribution in [0.1, 0.15) is 65.0 Å². The Hall–Kier alpha value is -3.12. The first kappa shape index (κ1) is 22.1. The first-order valence-corrected chi connectivity index (χ1v) is 11.2. The fraction of sp³-hybridized carbons (Fsp3) is 0.385. The Balaban J connectivity index is 1.88. The van der Waals surface area contributed by atoms with Gasteiger partial charge in [-0.1, -0.05) is 31.5 Å². The fourth-order valence-electron chi connectivity index (χ4n) is 4.40. The third-order valence-corrected chi connectivity index (χ3v) is 5.89. The van der Waals surface area contributed by atoms with Gasteiger partial charge in [-0.25, -0.2) is 0 Å². The van der Waals surface area contributed by atoms with E-state index in [4.69, 9.17) is 9.15 Å². The molecule has 168 valence electrons. The molecule has 4 rings (SSSR count). The van der Waals surface area contributed by atoms with Crippen LogP contribution in [0.3, 0.4) is 0 Å². The Bertz CT molecular complexity index is 1210. The predicted molar refractivity (Wildman–Crippen MR) is 123 cm³/mol. The zero-order chi connectivity index (χ0) is 22.8. The predicted octanol–water partition coefficient (Wildman–Crippen LogP) is 4.52. The summed E-state index contributed by atoms with van der Waals surface area (Å²) in [7, 11) is 0. The van der Waals surface area contributed by atoms with Crippen LogP contribution < -0.4 is 10.2 Å². The zero-order valence-corrected chi connectivity index (χ0v) is 18.8. The molecule has 0 spiro atoms. The number of hydrogen-bond acceptors (Lipinski definition) is 5. The largest absolute Gasteiger partial charge is 0.494 e. The molecule has 1 aliphatic heterocycles. The van der Waals surface area contributed by atoms with Gasteiger partial charge in [-0.3, -0.25) is 9.59 Å². The van der Waals surface area contributed by atoms with Gasteiger partial charge in [0.2, 0.25) is 5.76 Å². The summed E-state index contributed by atoms with van der Waals surface area (Å²) in [6.45, 7) is 6.80. The van der Waals surface area contributed by atoms with E-state index in [0.717, 1.165) is 29.5 Å². The first-order valence-electron chi connectivity index (χ1n) is 11.2. The van der Waals surface area contributed by atoms with Crippen molar-refractivity contribution < 1.29 is 19.1 Å². The molecule has 6 nitrogen and oxygen atoms in total. The van der Waals surface area contributed by atoms with Crippen molar-refractivity contribution in [1.82, 2.24) is 4.90 Å². The van der Waals surface area contributed by atoms with Gasteiger partial charge in [0.15, 0.2) is 5.43 Å². The second-order valence-corrected chi connectivity index (χ2v) is 8.39. The molecule has 2 aromatic carbocycles. The van der Waals surface area contributed by atoms with Crippen LogP contribution in [0, 0.1) is 13.8 Å². The van der Waals surface area contributed by atoms with Gasteiger partial charge in [-0.05, 0) is 61.6 Å². The molecule has 0 aliphatic carbocycles. The summed E-state index contributed by atoms with van der Waals surface area (Å²) < 4.78 is 11.9. The van der Waals surface area contributed by atoms with Gasteiger partial charge >= 0.3 is 0 Å². The molecular weight excluding hydrogens is 406 g/mol. The van der Waals surface area contributed by atoms with Crippen molar-refractivity contribution in [2.24, 2.45) is 0 Å². The van der Waals surface area contributed by atoms with E-state index in [-0.39, 0.29) is 23.7 Å². The van der Waals surface area contributed by atoms with Crippen LogP contribution in [-0.4, -0.2) is 35.7 Å². The van der Waals surface area contributed by atoms with Crippen molar-refractivity contribution in [3.63, 3.8) is 0 Å². The molecular formula is C26H29NO5. The molecule has 32 heavy (non-hydrogen) atoms. The van der Waals surface area contributed by atoms with E-state index >= 15 is 0 Å². The van der Waals surface area contributed by atoms with E-state index in [1.165, 1.54) is 0 Å². The molecule has 1 aromatic heterocycles. The number of carbonyl (C=O) groups excluding carboxylic acids is 1. The zero-order valence-electron chi connectivity index (χ0n) is 18.8. The summed E-state index contributed by atoms with van der Waals surface area (Å²) in [5, 5.41) is 9.87. The molecule has 3 aromatic rings. The Kier molecular flexibility index (Phi) is 6.33. The minimum atomic E-state index is -0.583. The number of aliphatic hydroxyl groups is 1. The quantitative estimate of drug-likeness (QED) is 0.527. The van der Waals surface area contributed by atoms with Crippen LogP contribution in [0.2, 0.25) is 0 Å². The van der Waals surface area contributed by atoms with Gasteiger partial charge in [0, 0.05) is 13.2 Å². The number of unbranched alkanes of at least 4 members (excludes halogenated alkanes) is 1. The first-order chi connectivity index (χ1) is 15.5. The van der Waals surface area contributed by atoms with E-state index in [1.54, 1.807) is 4.90 Å². The standard InChI is InChI=1S/C26H29NO5/c1-4-5-12-31-19-9-6-8-18(15-19)22-21-23(29)20-14-16(2)13-17(3)24(20)32-25(21)26(30)27(22)10-7-11-28/h6,8-9,13-15,22,28H,4-5,7,10-12H2,1-3H3. The smallest absolute Gasteiger partial charge is 0.290 e. The number of aliphatic hydroxyl groups excluding tert-OH is 1. The summed E-state index contributed by atoms with van der Waals surface area (Å²) in [6, 6.07) is 10.7. The number of nitrogens with zero attached hydrogens (tertiary/aromatic N) is 1. The summed E-state index contributed by atoms with van der Waals surface area (Å²) in [5.41, 5.74) is 3.20. The van der Waals surface area contributed by atoms with Gasteiger partial charge in [0.05, 0.1) is 23.6 Å². The molecule has 0 saturated carbocycles. The third kappa shape index (κ3) is 3.91. The summed E-state index contributed by atoms with van der Waals surface area (Å²) >= 11 is 0. The lowest BCUT2D eigenvalue weighted by atomic mass is 9.97. The maximum absolute atomic E-state index is 13.6. The Morgan fingerprint density at radius 2 is 1.94 bits per heavy atom. The molecule has 1 N–H and O–H groups in total. The van der Waals surface area contributed by atoms with Crippen LogP contribution in [0.25, 0.3) is 11.0 Å². The SMILES string of the molecule is CCCCOc1cccc(C2c3c(oc4c(C)cc(C)cc4c3=O)C(=O)N2CCCO)c1. The Labute approximate surface area is 187 Å². The number of fused-ring (bicyclic) bond motifs is 2. The number of rotatable bonds is 8. The Morgan fingerprint density at radius 1 is 1.12 bits per heavy atom. The van der Waals surface area contributed by atoms with Crippen molar-refractivity contribution in [1.29, 1.82) is 0 Å². The highest BCUT2D eigenvalue weighted by Crippen LogP contribution is 2.39. The summed E-state index contributed by atoms with van der Waals surface area (Å²) in [6.07, 6.45) is 2.40. The molecule has 1 atom stereocenters. The Morgan fingerprint density at radius 3 is 2.69 bits per heavy atom. The maximum Gasteiger partial charge on any atom is 0.290 e. The molecule has 2 heterocycles. The van der Waals surface area contributed by atoms with E-state index < -0.39 is 6.04 Å². The highest BCUT2D eigenvalue weighted by molar-refractivity contribution is 5.99. The van der Waals surface area contributed by atoms with Crippen molar-refractivity contribution in [2.75, 3.05) is 19.8 Å². The lowest BCUT2D eigenvalue weighted by Crippen LogP contribution is -2.31. The molecule has 6 heteroatoms. The van der Waals surface area contributed by atoms with Crippen LogP contribution in [-0.2, 0) is 0 Å². The number of carbonyl (C=O) groups is 1. The highest BCUT2D eigenvalue weighted by atomic mass is 16.5. The van der Waals surface area contributed by atoms with Gasteiger partial charge in [-0.15, -0.1) is 0 Å². The van der Waals surface area contributed by atoms with Crippen molar-refractivity contribution in [3.05, 3.63) is 74.6 Å². The normalized spacial score (nSPS) is 15.4. The van der Waals surface area contributed by atoms with E-state index in [0.29, 0.717) is 41.9 Å². The topological polar surface area (TPSA) is 80.0 Å². The molecule has 0 bridgehead atoms. The van der Waals surface area contributed by atoms with Crippen molar-refractivity contribution in [2.45, 2.75) is 46.1 Å². The molecule has 0 fully saturated rings. The molecule has 0 saturated heterocycles. The summed E-state index contributed by atoms with van der Waals surface area (Å²) in [5.74, 6) is 0.472. The molecule has 0 radical (unpaired) electrons. The molecule has 1 amide bonds. The third-order valence-electron chi connectivity index (χ3n) is 5.89. The second kappa shape index (κ2) is 9.17. The van der Waals surface area contributed by atoms with Gasteiger partial charge in [0.25, 0.3) is 5.91 Å². The van der Waals surface area contributed by atoms with E-state index in [2.05, 4.69) is 6.92 Å².